The standard InChI is InChI=1S/C23H30N2O3/c26-21-10-4-3-7-18(21)9-5-14-24-22(27)13-15-25-23(28)20-12-11-17-6-1-2-8-19(17)16-20/h1-2,6,8,11-12,16,18,21,26H,3-5,7,9-10,13-15H2,(H,24,27)(H,25,28)/t18-,21+/m1/s1. The zero-order valence-electron chi connectivity index (χ0n) is 16.3. The highest BCUT2D eigenvalue weighted by Gasteiger charge is 2.22. The average molecular weight is 383 g/mol. The number of benzene rings is 2. The lowest BCUT2D eigenvalue weighted by atomic mass is 9.83. The largest absolute Gasteiger partial charge is 0.393 e. The summed E-state index contributed by atoms with van der Waals surface area (Å²) in [5, 5.41) is 17.8. The van der Waals surface area contributed by atoms with Crippen molar-refractivity contribution in [3.63, 3.8) is 0 Å². The SMILES string of the molecule is O=C(CCNC(=O)c1ccc2ccccc2c1)NCCC[C@H]1CCCC[C@@H]1O. The summed E-state index contributed by atoms with van der Waals surface area (Å²) in [7, 11) is 0. The van der Waals surface area contributed by atoms with E-state index in [1.165, 1.54) is 6.42 Å². The topological polar surface area (TPSA) is 78.4 Å². The fourth-order valence-corrected chi connectivity index (χ4v) is 3.93. The van der Waals surface area contributed by atoms with Crippen LogP contribution < -0.4 is 10.6 Å². The molecule has 0 aliphatic heterocycles. The maximum atomic E-state index is 12.3. The molecule has 0 radical (unpaired) electrons. The van der Waals surface area contributed by atoms with Gasteiger partial charge in [-0.1, -0.05) is 43.2 Å². The Bertz CT molecular complexity index is 805. The molecule has 2 amide bonds. The number of amides is 2. The lowest BCUT2D eigenvalue weighted by molar-refractivity contribution is -0.120. The molecule has 5 nitrogen and oxygen atoms in total. The highest BCUT2D eigenvalue weighted by atomic mass is 16.3. The van der Waals surface area contributed by atoms with Crippen molar-refractivity contribution in [3.8, 4) is 0 Å². The van der Waals surface area contributed by atoms with E-state index < -0.39 is 0 Å². The first kappa shape index (κ1) is 20.3. The Labute approximate surface area is 166 Å². The van der Waals surface area contributed by atoms with Gasteiger partial charge in [-0.3, -0.25) is 9.59 Å². The molecule has 150 valence electrons. The normalized spacial score (nSPS) is 19.3. The van der Waals surface area contributed by atoms with Crippen molar-refractivity contribution >= 4 is 22.6 Å². The summed E-state index contributed by atoms with van der Waals surface area (Å²) < 4.78 is 0. The van der Waals surface area contributed by atoms with Crippen LogP contribution in [0.5, 0.6) is 0 Å². The maximum Gasteiger partial charge on any atom is 0.251 e. The number of hydrogen-bond donors (Lipinski definition) is 3. The highest BCUT2D eigenvalue weighted by molar-refractivity contribution is 5.98. The number of aliphatic hydroxyl groups excluding tert-OH is 1. The third-order valence-corrected chi connectivity index (χ3v) is 5.59. The van der Waals surface area contributed by atoms with E-state index in [1.54, 1.807) is 6.07 Å². The molecule has 28 heavy (non-hydrogen) atoms. The number of fused-ring (bicyclic) bond motifs is 1. The number of aliphatic hydroxyl groups is 1. The summed E-state index contributed by atoms with van der Waals surface area (Å²) in [5.41, 5.74) is 0.602. The van der Waals surface area contributed by atoms with Gasteiger partial charge in [-0.15, -0.1) is 0 Å². The van der Waals surface area contributed by atoms with Gasteiger partial charge in [0.25, 0.3) is 5.91 Å². The van der Waals surface area contributed by atoms with E-state index in [0.29, 0.717) is 24.6 Å². The summed E-state index contributed by atoms with van der Waals surface area (Å²) in [4.78, 5) is 24.2. The van der Waals surface area contributed by atoms with Crippen molar-refractivity contribution in [1.82, 2.24) is 10.6 Å². The number of carbonyl (C=O) groups excluding carboxylic acids is 2. The van der Waals surface area contributed by atoms with Gasteiger partial charge < -0.3 is 15.7 Å². The molecule has 0 unspecified atom stereocenters. The average Bonchev–Trinajstić information content (AvgIpc) is 2.72. The van der Waals surface area contributed by atoms with Crippen LogP contribution in [-0.2, 0) is 4.79 Å². The van der Waals surface area contributed by atoms with Gasteiger partial charge in [0.1, 0.15) is 0 Å². The Kier molecular flexibility index (Phi) is 7.43. The van der Waals surface area contributed by atoms with Gasteiger partial charge in [0, 0.05) is 25.1 Å². The van der Waals surface area contributed by atoms with E-state index in [-0.39, 0.29) is 24.3 Å². The van der Waals surface area contributed by atoms with Crippen LogP contribution in [0.2, 0.25) is 0 Å². The van der Waals surface area contributed by atoms with Gasteiger partial charge in [0.05, 0.1) is 6.10 Å². The molecular formula is C23H30N2O3. The molecular weight excluding hydrogens is 352 g/mol. The molecule has 2 atom stereocenters. The zero-order valence-corrected chi connectivity index (χ0v) is 16.3. The van der Waals surface area contributed by atoms with Crippen molar-refractivity contribution < 1.29 is 14.7 Å². The third-order valence-electron chi connectivity index (χ3n) is 5.59. The predicted molar refractivity (Wildman–Crippen MR) is 111 cm³/mol. The monoisotopic (exact) mass is 382 g/mol. The van der Waals surface area contributed by atoms with Crippen LogP contribution in [-0.4, -0.2) is 36.1 Å². The van der Waals surface area contributed by atoms with Gasteiger partial charge in [0.2, 0.25) is 5.91 Å². The van der Waals surface area contributed by atoms with Crippen LogP contribution in [0.1, 0.15) is 55.3 Å². The van der Waals surface area contributed by atoms with Gasteiger partial charge in [0.15, 0.2) is 0 Å². The quantitative estimate of drug-likeness (QED) is 0.612. The predicted octanol–water partition coefficient (Wildman–Crippen LogP) is 3.41. The summed E-state index contributed by atoms with van der Waals surface area (Å²) >= 11 is 0. The van der Waals surface area contributed by atoms with E-state index in [0.717, 1.165) is 42.9 Å². The number of rotatable bonds is 8. The van der Waals surface area contributed by atoms with Crippen LogP contribution in [0.25, 0.3) is 10.8 Å². The van der Waals surface area contributed by atoms with Crippen LogP contribution in [0.4, 0.5) is 0 Å². The lowest BCUT2D eigenvalue weighted by Gasteiger charge is -2.27. The first-order chi connectivity index (χ1) is 13.6. The molecule has 1 fully saturated rings. The van der Waals surface area contributed by atoms with Crippen LogP contribution in [0.15, 0.2) is 42.5 Å². The van der Waals surface area contributed by atoms with Crippen LogP contribution in [0, 0.1) is 5.92 Å². The number of nitrogens with one attached hydrogen (secondary N) is 2. The molecule has 1 aliphatic carbocycles. The Balaban J connectivity index is 1.32. The summed E-state index contributed by atoms with van der Waals surface area (Å²) in [6.07, 6.45) is 6.27. The van der Waals surface area contributed by atoms with Crippen molar-refractivity contribution in [1.29, 1.82) is 0 Å². The minimum absolute atomic E-state index is 0.0528. The van der Waals surface area contributed by atoms with Crippen molar-refractivity contribution in [2.45, 2.75) is 51.0 Å². The van der Waals surface area contributed by atoms with Crippen molar-refractivity contribution in [2.24, 2.45) is 5.92 Å². The first-order valence-corrected chi connectivity index (χ1v) is 10.4. The molecule has 2 aromatic carbocycles. The van der Waals surface area contributed by atoms with Gasteiger partial charge in [-0.05, 0) is 54.5 Å². The Morgan fingerprint density at radius 1 is 0.964 bits per heavy atom. The minimum Gasteiger partial charge on any atom is -0.393 e. The summed E-state index contributed by atoms with van der Waals surface area (Å²) in [6.45, 7) is 0.944. The van der Waals surface area contributed by atoms with Crippen LogP contribution >= 0.6 is 0 Å². The van der Waals surface area contributed by atoms with E-state index in [9.17, 15) is 14.7 Å². The second-order valence-corrected chi connectivity index (χ2v) is 7.67. The first-order valence-electron chi connectivity index (χ1n) is 10.4. The smallest absolute Gasteiger partial charge is 0.251 e. The fourth-order valence-electron chi connectivity index (χ4n) is 3.93. The molecule has 0 saturated heterocycles. The highest BCUT2D eigenvalue weighted by Crippen LogP contribution is 2.27. The summed E-state index contributed by atoms with van der Waals surface area (Å²) in [5.74, 6) is 0.166. The molecule has 1 aliphatic rings. The zero-order chi connectivity index (χ0) is 19.8. The Hall–Kier alpha value is -2.40. The van der Waals surface area contributed by atoms with Crippen molar-refractivity contribution in [3.05, 3.63) is 48.0 Å². The minimum atomic E-state index is -0.172. The van der Waals surface area contributed by atoms with Gasteiger partial charge in [-0.2, -0.15) is 0 Å². The lowest BCUT2D eigenvalue weighted by Crippen LogP contribution is -2.31. The van der Waals surface area contributed by atoms with Gasteiger partial charge in [-0.25, -0.2) is 0 Å². The molecule has 0 aromatic heterocycles. The number of carbonyl (C=O) groups is 2. The molecule has 0 bridgehead atoms. The molecule has 3 rings (SSSR count). The third kappa shape index (κ3) is 5.80. The molecule has 2 aromatic rings. The van der Waals surface area contributed by atoms with E-state index in [4.69, 9.17) is 0 Å². The summed E-state index contributed by atoms with van der Waals surface area (Å²) in [6, 6.07) is 13.5. The second kappa shape index (κ2) is 10.2. The van der Waals surface area contributed by atoms with E-state index in [2.05, 4.69) is 10.6 Å². The van der Waals surface area contributed by atoms with Gasteiger partial charge >= 0.3 is 0 Å². The Morgan fingerprint density at radius 2 is 1.75 bits per heavy atom. The van der Waals surface area contributed by atoms with E-state index >= 15 is 0 Å². The molecule has 0 heterocycles. The molecule has 0 spiro atoms. The molecule has 1 saturated carbocycles. The molecule has 3 N–H and O–H groups in total. The van der Waals surface area contributed by atoms with E-state index in [1.807, 2.05) is 36.4 Å². The second-order valence-electron chi connectivity index (χ2n) is 7.67. The fraction of sp³-hybridized carbons (Fsp3) is 0.478. The van der Waals surface area contributed by atoms with Crippen molar-refractivity contribution in [2.75, 3.05) is 13.1 Å². The number of hydrogen-bond acceptors (Lipinski definition) is 3. The van der Waals surface area contributed by atoms with Crippen LogP contribution in [0.3, 0.4) is 0 Å². The maximum absolute atomic E-state index is 12.3. The molecule has 5 heteroatoms. The Morgan fingerprint density at radius 3 is 2.57 bits per heavy atom.